The van der Waals surface area contributed by atoms with Gasteiger partial charge in [-0.1, -0.05) is 23.9 Å². The van der Waals surface area contributed by atoms with Crippen molar-refractivity contribution in [1.82, 2.24) is 20.1 Å². The molecule has 0 aliphatic heterocycles. The van der Waals surface area contributed by atoms with E-state index in [4.69, 9.17) is 9.15 Å². The van der Waals surface area contributed by atoms with Gasteiger partial charge in [0.25, 0.3) is 0 Å². The molecule has 0 saturated heterocycles. The molecule has 3 aromatic rings. The van der Waals surface area contributed by atoms with Crippen LogP contribution in [0.3, 0.4) is 0 Å². The summed E-state index contributed by atoms with van der Waals surface area (Å²) in [7, 11) is 1.63. The molecule has 2 aromatic heterocycles. The molecule has 1 saturated carbocycles. The number of carbonyl (C=O) groups is 1. The zero-order valence-electron chi connectivity index (χ0n) is 15.8. The number of hydrogen-bond acceptors (Lipinski definition) is 6. The number of carbonyl (C=O) groups excluding carboxylic acids is 1. The fraction of sp³-hybridized carbons (Fsp3) is 0.350. The van der Waals surface area contributed by atoms with Crippen molar-refractivity contribution in [2.45, 2.75) is 42.8 Å². The molecule has 28 heavy (non-hydrogen) atoms. The number of rotatable bonds is 8. The van der Waals surface area contributed by atoms with Crippen LogP contribution in [0.5, 0.6) is 5.75 Å². The van der Waals surface area contributed by atoms with Crippen LogP contribution in [0, 0.1) is 0 Å². The number of nitrogens with one attached hydrogen (secondary N) is 1. The second-order valence-electron chi connectivity index (χ2n) is 6.75. The third kappa shape index (κ3) is 4.22. The van der Waals surface area contributed by atoms with E-state index in [-0.39, 0.29) is 11.2 Å². The summed E-state index contributed by atoms with van der Waals surface area (Å²) in [6, 6.07) is 11.8. The number of benzene rings is 1. The highest BCUT2D eigenvalue weighted by molar-refractivity contribution is 8.00. The third-order valence-electron chi connectivity index (χ3n) is 4.51. The lowest BCUT2D eigenvalue weighted by atomic mass is 10.2. The molecular weight excluding hydrogens is 376 g/mol. The third-order valence-corrected chi connectivity index (χ3v) is 5.59. The molecule has 4 rings (SSSR count). The van der Waals surface area contributed by atoms with Gasteiger partial charge in [-0.05, 0) is 44.0 Å². The Morgan fingerprint density at radius 3 is 2.93 bits per heavy atom. The van der Waals surface area contributed by atoms with E-state index in [1.165, 1.54) is 11.8 Å². The van der Waals surface area contributed by atoms with Crippen LogP contribution < -0.4 is 10.1 Å². The molecule has 1 aromatic carbocycles. The van der Waals surface area contributed by atoms with E-state index in [1.54, 1.807) is 13.4 Å². The average Bonchev–Trinajstić information content (AvgIpc) is 3.21. The minimum Gasteiger partial charge on any atom is -0.497 e. The summed E-state index contributed by atoms with van der Waals surface area (Å²) in [4.78, 5) is 12.4. The van der Waals surface area contributed by atoms with E-state index in [2.05, 4.69) is 15.5 Å². The Balaban J connectivity index is 1.63. The van der Waals surface area contributed by atoms with Crippen molar-refractivity contribution in [3.63, 3.8) is 0 Å². The second kappa shape index (κ2) is 8.10. The first-order valence-electron chi connectivity index (χ1n) is 9.21. The molecule has 2 heterocycles. The van der Waals surface area contributed by atoms with Gasteiger partial charge in [0.2, 0.25) is 5.91 Å². The van der Waals surface area contributed by atoms with E-state index >= 15 is 0 Å². The zero-order chi connectivity index (χ0) is 19.5. The number of amides is 1. The molecule has 0 spiro atoms. The summed E-state index contributed by atoms with van der Waals surface area (Å²) in [5, 5.41) is 12.2. The van der Waals surface area contributed by atoms with Crippen LogP contribution in [0.25, 0.3) is 11.4 Å². The molecule has 0 unspecified atom stereocenters. The molecule has 146 valence electrons. The van der Waals surface area contributed by atoms with Gasteiger partial charge in [-0.3, -0.25) is 9.36 Å². The first-order chi connectivity index (χ1) is 13.6. The van der Waals surface area contributed by atoms with Crippen molar-refractivity contribution in [2.24, 2.45) is 0 Å². The maximum Gasteiger partial charge on any atom is 0.233 e. The van der Waals surface area contributed by atoms with Crippen LogP contribution in [-0.4, -0.2) is 39.1 Å². The first-order valence-corrected chi connectivity index (χ1v) is 10.1. The summed E-state index contributed by atoms with van der Waals surface area (Å²) in [5.74, 6) is 2.27. The summed E-state index contributed by atoms with van der Waals surface area (Å²) in [6.45, 7) is 2.37. The monoisotopic (exact) mass is 398 g/mol. The molecule has 0 radical (unpaired) electrons. The Labute approximate surface area is 167 Å². The van der Waals surface area contributed by atoms with E-state index in [1.807, 2.05) is 47.9 Å². The number of ether oxygens (including phenoxy) is 1. The SMILES string of the molecule is COc1cccc(-c2nnc(S[C@@H](C)C(=O)NC3CC3)n2Cc2ccco2)c1. The molecule has 8 heteroatoms. The van der Waals surface area contributed by atoms with E-state index < -0.39 is 0 Å². The Morgan fingerprint density at radius 1 is 1.36 bits per heavy atom. The van der Waals surface area contributed by atoms with Gasteiger partial charge in [-0.2, -0.15) is 0 Å². The fourth-order valence-corrected chi connectivity index (χ4v) is 3.67. The van der Waals surface area contributed by atoms with E-state index in [0.29, 0.717) is 23.6 Å². The largest absolute Gasteiger partial charge is 0.497 e. The smallest absolute Gasteiger partial charge is 0.233 e. The quantitative estimate of drug-likeness (QED) is 0.586. The Kier molecular flexibility index (Phi) is 5.38. The van der Waals surface area contributed by atoms with Gasteiger partial charge >= 0.3 is 0 Å². The first kappa shape index (κ1) is 18.6. The highest BCUT2D eigenvalue weighted by atomic mass is 32.2. The van der Waals surface area contributed by atoms with Crippen LogP contribution in [0.4, 0.5) is 0 Å². The van der Waals surface area contributed by atoms with Crippen molar-refractivity contribution in [2.75, 3.05) is 7.11 Å². The van der Waals surface area contributed by atoms with Gasteiger partial charge in [0, 0.05) is 11.6 Å². The van der Waals surface area contributed by atoms with Gasteiger partial charge in [0.1, 0.15) is 11.5 Å². The van der Waals surface area contributed by atoms with Gasteiger partial charge in [-0.15, -0.1) is 10.2 Å². The van der Waals surface area contributed by atoms with Crippen LogP contribution in [-0.2, 0) is 11.3 Å². The van der Waals surface area contributed by atoms with Crippen LogP contribution in [0.2, 0.25) is 0 Å². The van der Waals surface area contributed by atoms with Crippen molar-refractivity contribution in [1.29, 1.82) is 0 Å². The molecule has 1 aliphatic carbocycles. The average molecular weight is 398 g/mol. The summed E-state index contributed by atoms with van der Waals surface area (Å²) >= 11 is 1.40. The Hall–Kier alpha value is -2.74. The van der Waals surface area contributed by atoms with Gasteiger partial charge in [0.15, 0.2) is 11.0 Å². The number of methoxy groups -OCH3 is 1. The summed E-state index contributed by atoms with van der Waals surface area (Å²) in [6.07, 6.45) is 3.78. The zero-order valence-corrected chi connectivity index (χ0v) is 16.6. The lowest BCUT2D eigenvalue weighted by molar-refractivity contribution is -0.120. The predicted octanol–water partition coefficient (Wildman–Crippen LogP) is 3.35. The molecule has 1 atom stereocenters. The van der Waals surface area contributed by atoms with E-state index in [9.17, 15) is 4.79 Å². The molecule has 7 nitrogen and oxygen atoms in total. The molecule has 1 amide bonds. The van der Waals surface area contributed by atoms with Crippen molar-refractivity contribution in [3.8, 4) is 17.1 Å². The lowest BCUT2D eigenvalue weighted by Gasteiger charge is -2.13. The maximum atomic E-state index is 12.4. The molecule has 1 N–H and O–H groups in total. The normalized spacial score (nSPS) is 14.6. The minimum absolute atomic E-state index is 0.0305. The minimum atomic E-state index is -0.265. The highest BCUT2D eigenvalue weighted by Crippen LogP contribution is 2.30. The predicted molar refractivity (Wildman–Crippen MR) is 106 cm³/mol. The van der Waals surface area contributed by atoms with Crippen molar-refractivity contribution >= 4 is 17.7 Å². The van der Waals surface area contributed by atoms with Gasteiger partial charge in [0.05, 0.1) is 25.2 Å². The Morgan fingerprint density at radius 2 is 2.21 bits per heavy atom. The van der Waals surface area contributed by atoms with Crippen LogP contribution in [0.1, 0.15) is 25.5 Å². The topological polar surface area (TPSA) is 82.2 Å². The van der Waals surface area contributed by atoms with Crippen LogP contribution >= 0.6 is 11.8 Å². The number of thioether (sulfide) groups is 1. The second-order valence-corrected chi connectivity index (χ2v) is 8.05. The summed E-state index contributed by atoms with van der Waals surface area (Å²) < 4.78 is 12.8. The number of nitrogens with zero attached hydrogens (tertiary/aromatic N) is 3. The lowest BCUT2D eigenvalue weighted by Crippen LogP contribution is -2.32. The fourth-order valence-electron chi connectivity index (χ4n) is 2.81. The molecule has 1 aliphatic rings. The number of hydrogen-bond donors (Lipinski definition) is 1. The molecular formula is C20H22N4O3S. The maximum absolute atomic E-state index is 12.4. The highest BCUT2D eigenvalue weighted by Gasteiger charge is 2.27. The van der Waals surface area contributed by atoms with Crippen molar-refractivity contribution in [3.05, 3.63) is 48.4 Å². The summed E-state index contributed by atoms with van der Waals surface area (Å²) in [5.41, 5.74) is 0.889. The standard InChI is InChI=1S/C20H22N4O3S/c1-13(19(25)21-15-8-9-15)28-20-23-22-18(14-5-3-6-16(11-14)26-2)24(20)12-17-7-4-10-27-17/h3-7,10-11,13,15H,8-9,12H2,1-2H3,(H,21,25)/t13-/m0/s1. The number of aromatic nitrogens is 3. The molecule has 1 fully saturated rings. The van der Waals surface area contributed by atoms with Gasteiger partial charge < -0.3 is 14.5 Å². The van der Waals surface area contributed by atoms with Gasteiger partial charge in [-0.25, -0.2) is 0 Å². The van der Waals surface area contributed by atoms with Crippen molar-refractivity contribution < 1.29 is 13.9 Å². The Bertz CT molecular complexity index is 950. The van der Waals surface area contributed by atoms with E-state index in [0.717, 1.165) is 29.9 Å². The van der Waals surface area contributed by atoms with Crippen LogP contribution in [0.15, 0.2) is 52.2 Å². The number of furan rings is 1. The molecule has 0 bridgehead atoms.